The van der Waals surface area contributed by atoms with Crippen molar-refractivity contribution in [2.45, 2.75) is 12.8 Å². The highest BCUT2D eigenvalue weighted by Gasteiger charge is 2.31. The van der Waals surface area contributed by atoms with Gasteiger partial charge in [0.05, 0.1) is 0 Å². The second-order valence-corrected chi connectivity index (χ2v) is 4.95. The number of carbonyl (C=O) groups excluding carboxylic acids is 1. The molecule has 15 heavy (non-hydrogen) atoms. The molecule has 0 saturated heterocycles. The van der Waals surface area contributed by atoms with Gasteiger partial charge in [-0.3, -0.25) is 4.79 Å². The number of Topliss-reactive ketones (excluding diaryl/α,β-unsaturated/α-hetero) is 1. The van der Waals surface area contributed by atoms with E-state index in [4.69, 9.17) is 0 Å². The Kier molecular flexibility index (Phi) is 1.96. The molecule has 0 bridgehead atoms. The first-order valence-electron chi connectivity index (χ1n) is 5.06. The molecule has 1 aromatic carbocycles. The van der Waals surface area contributed by atoms with E-state index in [2.05, 4.69) is 20.9 Å². The molecular weight excluding hydrogens is 254 g/mol. The zero-order valence-electron chi connectivity index (χ0n) is 8.09. The maximum atomic E-state index is 11.9. The Morgan fingerprint density at radius 1 is 1.40 bits per heavy atom. The van der Waals surface area contributed by atoms with E-state index in [0.717, 1.165) is 33.8 Å². The van der Waals surface area contributed by atoms with Crippen molar-refractivity contribution in [1.82, 2.24) is 4.98 Å². The maximum Gasteiger partial charge on any atom is 0.168 e. The number of carbonyl (C=O) groups is 1. The van der Waals surface area contributed by atoms with Crippen molar-refractivity contribution in [1.29, 1.82) is 0 Å². The van der Waals surface area contributed by atoms with Gasteiger partial charge in [-0.15, -0.1) is 0 Å². The molecule has 0 aliphatic heterocycles. The summed E-state index contributed by atoms with van der Waals surface area (Å²) >= 11 is 3.42. The standard InChI is InChI=1S/C12H10BrNO/c13-8-3-4-9-10(6-14-11(9)5-8)12(15)7-1-2-7/h3-7,14H,1-2H2. The number of fused-ring (bicyclic) bond motifs is 1. The number of hydrogen-bond donors (Lipinski definition) is 1. The lowest BCUT2D eigenvalue weighted by Crippen LogP contribution is -1.99. The summed E-state index contributed by atoms with van der Waals surface area (Å²) in [6, 6.07) is 5.96. The van der Waals surface area contributed by atoms with Crippen molar-refractivity contribution in [2.75, 3.05) is 0 Å². The highest BCUT2D eigenvalue weighted by atomic mass is 79.9. The minimum absolute atomic E-state index is 0.285. The second kappa shape index (κ2) is 3.20. The smallest absolute Gasteiger partial charge is 0.168 e. The van der Waals surface area contributed by atoms with E-state index < -0.39 is 0 Å². The lowest BCUT2D eigenvalue weighted by atomic mass is 10.1. The summed E-state index contributed by atoms with van der Waals surface area (Å²) in [6.07, 6.45) is 3.95. The third-order valence-corrected chi connectivity index (χ3v) is 3.35. The van der Waals surface area contributed by atoms with Crippen LogP contribution < -0.4 is 0 Å². The van der Waals surface area contributed by atoms with Crippen LogP contribution >= 0.6 is 15.9 Å². The first-order valence-corrected chi connectivity index (χ1v) is 5.86. The molecule has 0 amide bonds. The molecule has 3 heteroatoms. The fourth-order valence-corrected chi connectivity index (χ4v) is 2.23. The monoisotopic (exact) mass is 263 g/mol. The lowest BCUT2D eigenvalue weighted by Gasteiger charge is -1.96. The normalized spacial score (nSPS) is 15.8. The van der Waals surface area contributed by atoms with Crippen LogP contribution in [0.2, 0.25) is 0 Å². The number of halogens is 1. The van der Waals surface area contributed by atoms with Crippen LogP contribution in [-0.2, 0) is 0 Å². The minimum atomic E-state index is 0.285. The van der Waals surface area contributed by atoms with Crippen LogP contribution in [0.3, 0.4) is 0 Å². The van der Waals surface area contributed by atoms with Gasteiger partial charge in [-0.25, -0.2) is 0 Å². The largest absolute Gasteiger partial charge is 0.360 e. The van der Waals surface area contributed by atoms with Gasteiger partial charge in [0, 0.05) is 33.1 Å². The summed E-state index contributed by atoms with van der Waals surface area (Å²) in [5, 5.41) is 1.04. The molecular formula is C12H10BrNO. The quantitative estimate of drug-likeness (QED) is 0.827. The van der Waals surface area contributed by atoms with Crippen LogP contribution in [-0.4, -0.2) is 10.8 Å². The number of aromatic amines is 1. The van der Waals surface area contributed by atoms with Crippen molar-refractivity contribution in [3.8, 4) is 0 Å². The summed E-state index contributed by atoms with van der Waals surface area (Å²) in [7, 11) is 0. The Bertz CT molecular complexity index is 540. The van der Waals surface area contributed by atoms with E-state index in [-0.39, 0.29) is 5.92 Å². The van der Waals surface area contributed by atoms with E-state index in [0.29, 0.717) is 5.78 Å². The van der Waals surface area contributed by atoms with Crippen molar-refractivity contribution in [2.24, 2.45) is 5.92 Å². The maximum absolute atomic E-state index is 11.9. The first kappa shape index (κ1) is 9.16. The molecule has 1 aliphatic rings. The zero-order chi connectivity index (χ0) is 10.4. The molecule has 0 atom stereocenters. The van der Waals surface area contributed by atoms with Crippen molar-refractivity contribution >= 4 is 32.6 Å². The van der Waals surface area contributed by atoms with Crippen LogP contribution in [0.1, 0.15) is 23.2 Å². The molecule has 1 fully saturated rings. The van der Waals surface area contributed by atoms with Gasteiger partial charge in [-0.2, -0.15) is 0 Å². The number of H-pyrrole nitrogens is 1. The molecule has 76 valence electrons. The number of nitrogens with one attached hydrogen (secondary N) is 1. The van der Waals surface area contributed by atoms with E-state index >= 15 is 0 Å². The zero-order valence-corrected chi connectivity index (χ0v) is 9.67. The molecule has 2 aromatic rings. The van der Waals surface area contributed by atoms with Crippen LogP contribution in [0.15, 0.2) is 28.9 Å². The van der Waals surface area contributed by atoms with Gasteiger partial charge >= 0.3 is 0 Å². The Morgan fingerprint density at radius 3 is 2.93 bits per heavy atom. The van der Waals surface area contributed by atoms with Gasteiger partial charge in [0.1, 0.15) is 0 Å². The van der Waals surface area contributed by atoms with Gasteiger partial charge in [0.2, 0.25) is 0 Å². The van der Waals surface area contributed by atoms with Gasteiger partial charge in [-0.05, 0) is 25.0 Å². The highest BCUT2D eigenvalue weighted by molar-refractivity contribution is 9.10. The Labute approximate surface area is 95.8 Å². The Hall–Kier alpha value is -1.09. The lowest BCUT2D eigenvalue weighted by molar-refractivity contribution is 0.0969. The van der Waals surface area contributed by atoms with Crippen molar-refractivity contribution in [3.63, 3.8) is 0 Å². The minimum Gasteiger partial charge on any atom is -0.360 e. The summed E-state index contributed by atoms with van der Waals surface area (Å²) < 4.78 is 1.03. The fourth-order valence-electron chi connectivity index (χ4n) is 1.87. The summed E-state index contributed by atoms with van der Waals surface area (Å²) in [4.78, 5) is 15.1. The number of rotatable bonds is 2. The Morgan fingerprint density at radius 2 is 2.20 bits per heavy atom. The third-order valence-electron chi connectivity index (χ3n) is 2.86. The second-order valence-electron chi connectivity index (χ2n) is 4.03. The van der Waals surface area contributed by atoms with Crippen LogP contribution in [0.4, 0.5) is 0 Å². The van der Waals surface area contributed by atoms with Crippen LogP contribution in [0.25, 0.3) is 10.9 Å². The Balaban J connectivity index is 2.15. The van der Waals surface area contributed by atoms with Crippen molar-refractivity contribution in [3.05, 3.63) is 34.4 Å². The number of benzene rings is 1. The van der Waals surface area contributed by atoms with Gasteiger partial charge in [-0.1, -0.05) is 22.0 Å². The molecule has 1 saturated carbocycles. The van der Waals surface area contributed by atoms with Gasteiger partial charge in [0.25, 0.3) is 0 Å². The van der Waals surface area contributed by atoms with Crippen LogP contribution in [0, 0.1) is 5.92 Å². The van der Waals surface area contributed by atoms with Crippen LogP contribution in [0.5, 0.6) is 0 Å². The fraction of sp³-hybridized carbons (Fsp3) is 0.250. The van der Waals surface area contributed by atoms with Gasteiger partial charge in [0.15, 0.2) is 5.78 Å². The molecule has 0 unspecified atom stereocenters. The summed E-state index contributed by atoms with van der Waals surface area (Å²) in [5.74, 6) is 0.580. The van der Waals surface area contributed by atoms with Gasteiger partial charge < -0.3 is 4.98 Å². The molecule has 2 nitrogen and oxygen atoms in total. The molecule has 1 heterocycles. The van der Waals surface area contributed by atoms with E-state index in [1.54, 1.807) is 0 Å². The number of ketones is 1. The topological polar surface area (TPSA) is 32.9 Å². The number of aromatic nitrogens is 1. The van der Waals surface area contributed by atoms with E-state index in [9.17, 15) is 4.79 Å². The predicted octanol–water partition coefficient (Wildman–Crippen LogP) is 3.52. The molecule has 1 aliphatic carbocycles. The SMILES string of the molecule is O=C(c1c[nH]c2cc(Br)ccc12)C1CC1. The average molecular weight is 264 g/mol. The average Bonchev–Trinajstić information content (AvgIpc) is 2.98. The molecule has 1 aromatic heterocycles. The predicted molar refractivity (Wildman–Crippen MR) is 63.1 cm³/mol. The van der Waals surface area contributed by atoms with E-state index in [1.165, 1.54) is 0 Å². The molecule has 1 N–H and O–H groups in total. The number of hydrogen-bond acceptors (Lipinski definition) is 1. The first-order chi connectivity index (χ1) is 7.25. The summed E-state index contributed by atoms with van der Waals surface area (Å²) in [5.41, 5.74) is 1.87. The molecule has 3 rings (SSSR count). The highest BCUT2D eigenvalue weighted by Crippen LogP contribution is 2.34. The third kappa shape index (κ3) is 1.51. The van der Waals surface area contributed by atoms with Crippen molar-refractivity contribution < 1.29 is 4.79 Å². The summed E-state index contributed by atoms with van der Waals surface area (Å²) in [6.45, 7) is 0. The molecule has 0 radical (unpaired) electrons. The molecule has 0 spiro atoms. The van der Waals surface area contributed by atoms with E-state index in [1.807, 2.05) is 24.4 Å².